The third kappa shape index (κ3) is 3.18. The van der Waals surface area contributed by atoms with Crippen LogP contribution < -0.4 is 9.47 Å². The molecule has 0 radical (unpaired) electrons. The maximum Gasteiger partial charge on any atom is 0.264 e. The van der Waals surface area contributed by atoms with Gasteiger partial charge in [0.2, 0.25) is 0 Å². The summed E-state index contributed by atoms with van der Waals surface area (Å²) < 4.78 is 21.6. The molecular weight excluding hydrogens is 356 g/mol. The Hall–Kier alpha value is -3.73. The number of carbonyl (C=O) groups excluding carboxylic acids is 1. The van der Waals surface area contributed by atoms with Crippen molar-refractivity contribution >= 4 is 5.78 Å². The fraction of sp³-hybridized carbons (Fsp3) is 0.0870. The van der Waals surface area contributed by atoms with E-state index in [1.165, 1.54) is 12.5 Å². The van der Waals surface area contributed by atoms with Crippen LogP contribution in [0.3, 0.4) is 0 Å². The number of rotatable bonds is 6. The molecule has 0 amide bonds. The van der Waals surface area contributed by atoms with Crippen LogP contribution in [0.1, 0.15) is 16.3 Å². The van der Waals surface area contributed by atoms with Crippen LogP contribution in [0.2, 0.25) is 0 Å². The molecule has 4 aromatic rings. The predicted molar refractivity (Wildman–Crippen MR) is 105 cm³/mol. The molecule has 0 aliphatic rings. The second kappa shape index (κ2) is 7.48. The van der Waals surface area contributed by atoms with Gasteiger partial charge in [-0.2, -0.15) is 0 Å². The van der Waals surface area contributed by atoms with Gasteiger partial charge in [-0.1, -0.05) is 24.3 Å². The van der Waals surface area contributed by atoms with E-state index in [1.807, 2.05) is 48.5 Å². The van der Waals surface area contributed by atoms with E-state index in [0.29, 0.717) is 22.6 Å². The minimum atomic E-state index is -0.328. The molecular formula is C23H18O5. The van der Waals surface area contributed by atoms with E-state index in [1.54, 1.807) is 26.4 Å². The van der Waals surface area contributed by atoms with Crippen molar-refractivity contribution in [1.82, 2.24) is 0 Å². The number of carbonyl (C=O) groups is 1. The molecule has 0 saturated heterocycles. The van der Waals surface area contributed by atoms with Gasteiger partial charge in [-0.25, -0.2) is 0 Å². The molecule has 5 heteroatoms. The molecule has 2 aromatic carbocycles. The van der Waals surface area contributed by atoms with Crippen molar-refractivity contribution in [2.75, 3.05) is 14.2 Å². The maximum absolute atomic E-state index is 13.2. The summed E-state index contributed by atoms with van der Waals surface area (Å²) in [7, 11) is 3.20. The normalized spacial score (nSPS) is 10.6. The summed E-state index contributed by atoms with van der Waals surface area (Å²) in [5.74, 6) is 1.50. The molecule has 2 aromatic heterocycles. The lowest BCUT2D eigenvalue weighted by Crippen LogP contribution is -2.02. The molecule has 140 valence electrons. The highest BCUT2D eigenvalue weighted by Gasteiger charge is 2.25. The van der Waals surface area contributed by atoms with Gasteiger partial charge in [-0.05, 0) is 47.5 Å². The Bertz CT molecular complexity index is 1030. The number of benzene rings is 2. The van der Waals surface area contributed by atoms with Crippen LogP contribution in [-0.2, 0) is 0 Å². The van der Waals surface area contributed by atoms with Crippen LogP contribution in [0.15, 0.2) is 82.0 Å². The molecule has 0 N–H and O–H groups in total. The summed E-state index contributed by atoms with van der Waals surface area (Å²) >= 11 is 0. The van der Waals surface area contributed by atoms with Gasteiger partial charge >= 0.3 is 0 Å². The monoisotopic (exact) mass is 374 g/mol. The molecule has 28 heavy (non-hydrogen) atoms. The Balaban J connectivity index is 1.75. The van der Waals surface area contributed by atoms with Gasteiger partial charge in [0.15, 0.2) is 11.5 Å². The Labute approximate surface area is 162 Å². The van der Waals surface area contributed by atoms with Crippen LogP contribution in [0, 0.1) is 0 Å². The standard InChI is InChI=1S/C23H18O5/c1-25-17-7-3-5-15(13-17)19-9-11-27-22(19)21(24)23-20(10-12-28-23)16-6-4-8-18(14-16)26-2/h3-14H,1-2H3. The Kier molecular flexibility index (Phi) is 4.72. The van der Waals surface area contributed by atoms with Gasteiger partial charge in [0, 0.05) is 11.1 Å². The third-order valence-electron chi connectivity index (χ3n) is 4.50. The van der Waals surface area contributed by atoms with Crippen molar-refractivity contribution in [3.05, 3.63) is 84.7 Å². The zero-order valence-electron chi connectivity index (χ0n) is 15.5. The van der Waals surface area contributed by atoms with Gasteiger partial charge in [-0.15, -0.1) is 0 Å². The van der Waals surface area contributed by atoms with E-state index in [2.05, 4.69) is 0 Å². The topological polar surface area (TPSA) is 61.8 Å². The van der Waals surface area contributed by atoms with Crippen LogP contribution in [-0.4, -0.2) is 20.0 Å². The summed E-state index contributed by atoms with van der Waals surface area (Å²) in [4.78, 5) is 13.2. The molecule has 2 heterocycles. The van der Waals surface area contributed by atoms with Gasteiger partial charge in [-0.3, -0.25) is 4.79 Å². The quantitative estimate of drug-likeness (QED) is 0.420. The Morgan fingerprint density at radius 1 is 0.714 bits per heavy atom. The molecule has 0 bridgehead atoms. The van der Waals surface area contributed by atoms with Crippen LogP contribution in [0.25, 0.3) is 22.3 Å². The summed E-state index contributed by atoms with van der Waals surface area (Å²) in [6.45, 7) is 0. The lowest BCUT2D eigenvalue weighted by Gasteiger charge is -2.06. The highest BCUT2D eigenvalue weighted by Crippen LogP contribution is 2.33. The van der Waals surface area contributed by atoms with Gasteiger partial charge in [0.1, 0.15) is 11.5 Å². The van der Waals surface area contributed by atoms with Crippen molar-refractivity contribution in [2.45, 2.75) is 0 Å². The molecule has 0 atom stereocenters. The number of furan rings is 2. The van der Waals surface area contributed by atoms with Crippen molar-refractivity contribution in [3.63, 3.8) is 0 Å². The Morgan fingerprint density at radius 3 is 1.61 bits per heavy atom. The lowest BCUT2D eigenvalue weighted by atomic mass is 9.99. The van der Waals surface area contributed by atoms with Crippen LogP contribution in [0.4, 0.5) is 0 Å². The molecule has 0 spiro atoms. The van der Waals surface area contributed by atoms with Crippen molar-refractivity contribution in [2.24, 2.45) is 0 Å². The maximum atomic E-state index is 13.2. The number of hydrogen-bond acceptors (Lipinski definition) is 5. The molecule has 0 unspecified atom stereocenters. The van der Waals surface area contributed by atoms with E-state index in [9.17, 15) is 4.79 Å². The summed E-state index contributed by atoms with van der Waals surface area (Å²) in [6.07, 6.45) is 2.99. The van der Waals surface area contributed by atoms with Crippen molar-refractivity contribution in [3.8, 4) is 33.8 Å². The zero-order valence-corrected chi connectivity index (χ0v) is 15.5. The first kappa shape index (κ1) is 17.7. The molecule has 0 saturated carbocycles. The Morgan fingerprint density at radius 2 is 1.18 bits per heavy atom. The molecule has 0 aliphatic carbocycles. The first-order chi connectivity index (χ1) is 13.7. The summed E-state index contributed by atoms with van der Waals surface area (Å²) in [5.41, 5.74) is 3.01. The summed E-state index contributed by atoms with van der Waals surface area (Å²) in [6, 6.07) is 18.4. The number of methoxy groups -OCH3 is 2. The van der Waals surface area contributed by atoms with Gasteiger partial charge < -0.3 is 18.3 Å². The van der Waals surface area contributed by atoms with Crippen LogP contribution >= 0.6 is 0 Å². The van der Waals surface area contributed by atoms with E-state index in [4.69, 9.17) is 18.3 Å². The first-order valence-corrected chi connectivity index (χ1v) is 8.70. The fourth-order valence-corrected chi connectivity index (χ4v) is 3.11. The predicted octanol–water partition coefficient (Wildman–Crippen LogP) is 5.45. The summed E-state index contributed by atoms with van der Waals surface area (Å²) in [5, 5.41) is 0. The minimum absolute atomic E-state index is 0.215. The number of hydrogen-bond donors (Lipinski definition) is 0. The second-order valence-corrected chi connectivity index (χ2v) is 6.12. The zero-order chi connectivity index (χ0) is 19.5. The van der Waals surface area contributed by atoms with E-state index < -0.39 is 0 Å². The van der Waals surface area contributed by atoms with Crippen molar-refractivity contribution < 1.29 is 23.1 Å². The van der Waals surface area contributed by atoms with E-state index >= 15 is 0 Å². The third-order valence-corrected chi connectivity index (χ3v) is 4.50. The highest BCUT2D eigenvalue weighted by atomic mass is 16.5. The smallest absolute Gasteiger partial charge is 0.264 e. The second-order valence-electron chi connectivity index (χ2n) is 6.12. The molecule has 0 fully saturated rings. The van der Waals surface area contributed by atoms with E-state index in [-0.39, 0.29) is 17.3 Å². The van der Waals surface area contributed by atoms with Crippen molar-refractivity contribution in [1.29, 1.82) is 0 Å². The van der Waals surface area contributed by atoms with Gasteiger partial charge in [0.05, 0.1) is 26.7 Å². The largest absolute Gasteiger partial charge is 0.497 e. The van der Waals surface area contributed by atoms with Gasteiger partial charge in [0.25, 0.3) is 5.78 Å². The first-order valence-electron chi connectivity index (χ1n) is 8.70. The average molecular weight is 374 g/mol. The van der Waals surface area contributed by atoms with Crippen LogP contribution in [0.5, 0.6) is 11.5 Å². The fourth-order valence-electron chi connectivity index (χ4n) is 3.11. The number of ether oxygens (including phenoxy) is 2. The van der Waals surface area contributed by atoms with E-state index in [0.717, 1.165) is 11.1 Å². The average Bonchev–Trinajstić information content (AvgIpc) is 3.43. The SMILES string of the molecule is COc1cccc(-c2ccoc2C(=O)c2occc2-c2cccc(OC)c2)c1. The molecule has 5 nitrogen and oxygen atoms in total. The minimum Gasteiger partial charge on any atom is -0.497 e. The molecule has 4 rings (SSSR count). The highest BCUT2D eigenvalue weighted by molar-refractivity contribution is 6.12. The number of ketones is 1. The lowest BCUT2D eigenvalue weighted by molar-refractivity contribution is 0.0985. The molecule has 0 aliphatic heterocycles.